The van der Waals surface area contributed by atoms with Crippen LogP contribution in [0.25, 0.3) is 0 Å². The molecule has 0 bridgehead atoms. The van der Waals surface area contributed by atoms with E-state index >= 15 is 0 Å². The minimum absolute atomic E-state index is 0.0436. The SMILES string of the molecule is CN(CCCCC(NCCCCCCCCNCCCCC(NCNC(CCC(=O)O)C(=O)O)C(=O)O)C(=O)O)Cc1ccccn1. The molecule has 0 amide bonds. The van der Waals surface area contributed by atoms with Crippen molar-refractivity contribution in [3.63, 3.8) is 0 Å². The molecule has 3 unspecified atom stereocenters. The summed E-state index contributed by atoms with van der Waals surface area (Å²) in [5.74, 6) is -4.06. The molecule has 0 radical (unpaired) electrons. The van der Waals surface area contributed by atoms with Crippen LogP contribution in [0.15, 0.2) is 24.4 Å². The molecular weight excluding hydrogens is 608 g/mol. The second kappa shape index (κ2) is 26.9. The summed E-state index contributed by atoms with van der Waals surface area (Å²) >= 11 is 0. The molecule has 8 N–H and O–H groups in total. The second-order valence-electron chi connectivity index (χ2n) is 12.1. The Morgan fingerprint density at radius 3 is 1.79 bits per heavy atom. The lowest BCUT2D eigenvalue weighted by Gasteiger charge is -2.18. The molecule has 0 aliphatic rings. The number of aromatic nitrogens is 1. The largest absolute Gasteiger partial charge is 0.481 e. The number of carbonyl (C=O) groups is 4. The number of rotatable bonds is 32. The number of carboxylic acids is 4. The van der Waals surface area contributed by atoms with Gasteiger partial charge in [-0.2, -0.15) is 0 Å². The number of aliphatic carboxylic acids is 4. The minimum Gasteiger partial charge on any atom is -0.481 e. The summed E-state index contributed by atoms with van der Waals surface area (Å²) < 4.78 is 0. The van der Waals surface area contributed by atoms with Gasteiger partial charge in [-0.05, 0) is 90.3 Å². The Bertz CT molecular complexity index is 1000. The number of hydrogen-bond donors (Lipinski definition) is 8. The predicted molar refractivity (Wildman–Crippen MR) is 179 cm³/mol. The Labute approximate surface area is 279 Å². The normalized spacial score (nSPS) is 13.3. The molecule has 0 aliphatic carbocycles. The van der Waals surface area contributed by atoms with Gasteiger partial charge < -0.3 is 36.0 Å². The van der Waals surface area contributed by atoms with Crippen LogP contribution in [-0.4, -0.2) is 112 Å². The molecule has 0 spiro atoms. The van der Waals surface area contributed by atoms with Crippen LogP contribution in [0, 0.1) is 0 Å². The Morgan fingerprint density at radius 2 is 1.21 bits per heavy atom. The van der Waals surface area contributed by atoms with Crippen LogP contribution < -0.4 is 21.3 Å². The standard InChI is InChI=1S/C33H58N6O8/c1-39(24-26-14-6-12-21-35-26)23-13-8-16-27(31(42)43)36-22-10-5-3-2-4-9-19-34-20-11-7-15-28(32(44)45)37-25-38-29(33(46)47)17-18-30(40)41/h6,12,14,21,27-29,34,36-38H,2-5,7-11,13,15-20,22-25H2,1H3,(H,40,41)(H,42,43)(H,44,45)(H,46,47). The third-order valence-electron chi connectivity index (χ3n) is 7.95. The van der Waals surface area contributed by atoms with Crippen LogP contribution in [-0.2, 0) is 25.7 Å². The second-order valence-corrected chi connectivity index (χ2v) is 12.1. The summed E-state index contributed by atoms with van der Waals surface area (Å²) in [5.41, 5.74) is 1.03. The molecule has 0 saturated heterocycles. The van der Waals surface area contributed by atoms with Crippen LogP contribution in [0.5, 0.6) is 0 Å². The smallest absolute Gasteiger partial charge is 0.320 e. The zero-order chi connectivity index (χ0) is 34.7. The monoisotopic (exact) mass is 666 g/mol. The zero-order valence-electron chi connectivity index (χ0n) is 28.0. The maximum absolute atomic E-state index is 11.6. The highest BCUT2D eigenvalue weighted by Gasteiger charge is 2.20. The summed E-state index contributed by atoms with van der Waals surface area (Å²) in [5, 5.41) is 48.9. The molecule has 47 heavy (non-hydrogen) atoms. The van der Waals surface area contributed by atoms with Crippen molar-refractivity contribution in [2.24, 2.45) is 0 Å². The fourth-order valence-corrected chi connectivity index (χ4v) is 5.17. The van der Waals surface area contributed by atoms with E-state index in [1.807, 2.05) is 18.2 Å². The van der Waals surface area contributed by atoms with Crippen molar-refractivity contribution in [1.82, 2.24) is 31.2 Å². The molecule has 1 aromatic rings. The molecule has 0 fully saturated rings. The maximum Gasteiger partial charge on any atom is 0.320 e. The van der Waals surface area contributed by atoms with Gasteiger partial charge in [0, 0.05) is 25.8 Å². The molecule has 0 saturated carbocycles. The lowest BCUT2D eigenvalue weighted by atomic mass is 10.1. The van der Waals surface area contributed by atoms with Crippen LogP contribution >= 0.6 is 0 Å². The topological polar surface area (TPSA) is 213 Å². The summed E-state index contributed by atoms with van der Waals surface area (Å²) in [7, 11) is 2.06. The van der Waals surface area contributed by atoms with Crippen LogP contribution in [0.4, 0.5) is 0 Å². The molecule has 14 heteroatoms. The van der Waals surface area contributed by atoms with E-state index in [0.717, 1.165) is 89.7 Å². The number of unbranched alkanes of at least 4 members (excludes halogenated alkanes) is 7. The van der Waals surface area contributed by atoms with Gasteiger partial charge in [0.05, 0.1) is 5.69 Å². The molecule has 268 valence electrons. The summed E-state index contributed by atoms with van der Waals surface area (Å²) in [6.45, 7) is 4.05. The van der Waals surface area contributed by atoms with Crippen molar-refractivity contribution in [1.29, 1.82) is 0 Å². The lowest BCUT2D eigenvalue weighted by molar-refractivity contribution is -0.141. The van der Waals surface area contributed by atoms with E-state index in [2.05, 4.69) is 38.2 Å². The average Bonchev–Trinajstić information content (AvgIpc) is 3.02. The molecular formula is C33H58N6O8. The van der Waals surface area contributed by atoms with E-state index in [0.29, 0.717) is 25.8 Å². The van der Waals surface area contributed by atoms with E-state index in [9.17, 15) is 29.4 Å². The first-order chi connectivity index (χ1) is 22.6. The van der Waals surface area contributed by atoms with Crippen molar-refractivity contribution >= 4 is 23.9 Å². The lowest BCUT2D eigenvalue weighted by Crippen LogP contribution is -2.47. The van der Waals surface area contributed by atoms with Gasteiger partial charge in [-0.3, -0.25) is 34.8 Å². The van der Waals surface area contributed by atoms with E-state index in [1.165, 1.54) is 0 Å². The number of nitrogens with zero attached hydrogens (tertiary/aromatic N) is 2. The maximum atomic E-state index is 11.6. The van der Waals surface area contributed by atoms with Crippen LogP contribution in [0.3, 0.4) is 0 Å². The molecule has 0 aromatic carbocycles. The van der Waals surface area contributed by atoms with Crippen molar-refractivity contribution in [3.8, 4) is 0 Å². The van der Waals surface area contributed by atoms with Gasteiger partial charge in [-0.15, -0.1) is 0 Å². The van der Waals surface area contributed by atoms with Gasteiger partial charge in [0.25, 0.3) is 0 Å². The van der Waals surface area contributed by atoms with Crippen molar-refractivity contribution in [2.75, 3.05) is 39.9 Å². The molecule has 3 atom stereocenters. The minimum atomic E-state index is -1.18. The van der Waals surface area contributed by atoms with Gasteiger partial charge in [-0.25, -0.2) is 0 Å². The predicted octanol–water partition coefficient (Wildman–Crippen LogP) is 2.73. The van der Waals surface area contributed by atoms with Gasteiger partial charge in [-0.1, -0.05) is 44.6 Å². The Morgan fingerprint density at radius 1 is 0.681 bits per heavy atom. The first-order valence-corrected chi connectivity index (χ1v) is 17.0. The first-order valence-electron chi connectivity index (χ1n) is 17.0. The molecule has 0 aliphatic heterocycles. The molecule has 1 heterocycles. The number of pyridine rings is 1. The fourth-order valence-electron chi connectivity index (χ4n) is 5.17. The van der Waals surface area contributed by atoms with E-state index in [1.54, 1.807) is 6.20 Å². The average molecular weight is 667 g/mol. The van der Waals surface area contributed by atoms with Gasteiger partial charge in [0.15, 0.2) is 0 Å². The number of nitrogens with one attached hydrogen (secondary N) is 4. The third kappa shape index (κ3) is 22.9. The highest BCUT2D eigenvalue weighted by Crippen LogP contribution is 2.08. The molecule has 14 nitrogen and oxygen atoms in total. The van der Waals surface area contributed by atoms with Crippen molar-refractivity contribution in [3.05, 3.63) is 30.1 Å². The third-order valence-corrected chi connectivity index (χ3v) is 7.95. The quantitative estimate of drug-likeness (QED) is 0.0410. The Hall–Kier alpha value is -3.17. The van der Waals surface area contributed by atoms with E-state index < -0.39 is 42.0 Å². The van der Waals surface area contributed by atoms with E-state index in [4.69, 9.17) is 10.2 Å². The molecule has 1 rings (SSSR count). The fraction of sp³-hybridized carbons (Fsp3) is 0.727. The zero-order valence-corrected chi connectivity index (χ0v) is 28.0. The number of carboxylic acid groups (broad SMARTS) is 4. The van der Waals surface area contributed by atoms with Crippen LogP contribution in [0.1, 0.15) is 95.6 Å². The summed E-state index contributed by atoms with van der Waals surface area (Å²) in [6.07, 6.45) is 12.2. The van der Waals surface area contributed by atoms with Crippen molar-refractivity contribution in [2.45, 2.75) is 115 Å². The van der Waals surface area contributed by atoms with Gasteiger partial charge in [0.2, 0.25) is 0 Å². The van der Waals surface area contributed by atoms with Gasteiger partial charge >= 0.3 is 23.9 Å². The van der Waals surface area contributed by atoms with Gasteiger partial charge in [0.1, 0.15) is 18.1 Å². The summed E-state index contributed by atoms with van der Waals surface area (Å²) in [4.78, 5) is 51.6. The van der Waals surface area contributed by atoms with E-state index in [-0.39, 0.29) is 19.5 Å². The highest BCUT2D eigenvalue weighted by molar-refractivity contribution is 5.75. The number of hydrogen-bond acceptors (Lipinski definition) is 10. The highest BCUT2D eigenvalue weighted by atomic mass is 16.4. The van der Waals surface area contributed by atoms with Crippen LogP contribution in [0.2, 0.25) is 0 Å². The summed E-state index contributed by atoms with van der Waals surface area (Å²) in [6, 6.07) is 3.51. The first kappa shape index (κ1) is 41.9. The Balaban J connectivity index is 2.00. The van der Waals surface area contributed by atoms with Crippen molar-refractivity contribution < 1.29 is 39.6 Å². The molecule has 1 aromatic heterocycles. The Kier molecular flexibility index (Phi) is 23.9.